The molecule has 552 valence electrons. The molecule has 2 aliphatic heterocycles. The topological polar surface area (TPSA) is 39.2 Å². The zero-order valence-electron chi connectivity index (χ0n) is 65.1. The molecule has 0 spiro atoms. The summed E-state index contributed by atoms with van der Waals surface area (Å²) in [5, 5.41) is 11.0. The molecule has 0 amide bonds. The first-order valence-corrected chi connectivity index (χ1v) is 42.0. The van der Waals surface area contributed by atoms with Crippen LogP contribution in [0.5, 0.6) is 0 Å². The molecule has 0 saturated carbocycles. The predicted molar refractivity (Wildman–Crippen MR) is 487 cm³/mol. The number of hydrogen-bond acceptors (Lipinski definition) is 8. The van der Waals surface area contributed by atoms with Gasteiger partial charge in [0.1, 0.15) is 22.3 Å². The first kappa shape index (κ1) is 69.9. The molecule has 4 aromatic heterocycles. The van der Waals surface area contributed by atoms with Gasteiger partial charge in [0.2, 0.25) is 0 Å². The lowest BCUT2D eigenvalue weighted by atomic mass is 9.33. The van der Waals surface area contributed by atoms with Crippen LogP contribution in [0.25, 0.3) is 84.2 Å². The molecular weight excluding hydrogens is 1460 g/mol. The fraction of sp³-hybridized carbons (Fsp3) is 0.176. The van der Waals surface area contributed by atoms with Crippen LogP contribution in [0.2, 0.25) is 10.0 Å². The Morgan fingerprint density at radius 3 is 1.47 bits per heavy atom. The van der Waals surface area contributed by atoms with E-state index in [1.165, 1.54) is 114 Å². The summed E-state index contributed by atoms with van der Waals surface area (Å²) in [7, 11) is 0. The molecule has 0 fully saturated rings. The number of anilines is 12. The quantitative estimate of drug-likeness (QED) is 0.141. The van der Waals surface area contributed by atoms with Gasteiger partial charge in [0.05, 0.1) is 42.9 Å². The van der Waals surface area contributed by atoms with Gasteiger partial charge in [0, 0.05) is 97.3 Å². The number of rotatable bonds is 8. The molecule has 14 aromatic carbocycles. The van der Waals surface area contributed by atoms with E-state index in [-0.39, 0.29) is 28.4 Å². The van der Waals surface area contributed by atoms with Crippen molar-refractivity contribution in [2.24, 2.45) is 0 Å². The number of halogens is 2. The van der Waals surface area contributed by atoms with Crippen LogP contribution in [0, 0.1) is 13.8 Å². The standard InChI is InChI=1S/C51H40BClN2OS.C51H43ClN2OS/c1-29-24-42-48-43(25-29)55(39-16-10-14-32-31-12-7-9-19-46(31)57-49(32)39)40-26-30(53)20-21-36(40)52(48)37-27-34-35(51(4,5)23-22-50(34,2)3)28-41(37)54(42)38-15-11-18-45-47(38)33-13-6-8-17-44(33)56-45;1-32-27-36(30-37(28-32)54(34-14-10-13-33(52)29-34)44-19-11-17-39-38-15-7-9-22-47(38)56-49(39)44)53(35-23-24-41-42(31-35)51(4,5)26-25-50(41,2)3)43-18-12-21-46-48(43)40-16-6-8-20-45(40)55-46/h6-21,24-28H,22-23H2,1-5H3;6-24,27-31H,25-26H2,1-5H3. The molecule has 11 heteroatoms. The number of hydrogen-bond donors (Lipinski definition) is 0. The molecule has 6 nitrogen and oxygen atoms in total. The van der Waals surface area contributed by atoms with E-state index in [1.807, 2.05) is 40.9 Å². The average Bonchev–Trinajstić information content (AvgIpc) is 1.14. The number of thiophene rings is 2. The van der Waals surface area contributed by atoms with Crippen molar-refractivity contribution in [1.29, 1.82) is 0 Å². The molecule has 0 unspecified atom stereocenters. The number of nitrogens with zero attached hydrogens (tertiary/aromatic N) is 4. The molecule has 0 N–H and O–H groups in total. The van der Waals surface area contributed by atoms with Crippen LogP contribution in [-0.2, 0) is 21.7 Å². The molecule has 4 aliphatic rings. The summed E-state index contributed by atoms with van der Waals surface area (Å²) in [6.45, 7) is 23.8. The molecular formula is C102H83BCl2N4O2S2. The van der Waals surface area contributed by atoms with Gasteiger partial charge in [-0.2, -0.15) is 0 Å². The van der Waals surface area contributed by atoms with Gasteiger partial charge < -0.3 is 28.4 Å². The van der Waals surface area contributed by atoms with Crippen LogP contribution in [0.3, 0.4) is 0 Å². The minimum atomic E-state index is -0.00147. The fourth-order valence-corrected chi connectivity index (χ4v) is 22.3. The van der Waals surface area contributed by atoms with E-state index < -0.39 is 0 Å². The van der Waals surface area contributed by atoms with Crippen molar-refractivity contribution < 1.29 is 8.83 Å². The Morgan fingerprint density at radius 1 is 0.327 bits per heavy atom. The second-order valence-corrected chi connectivity index (χ2v) is 37.4. The van der Waals surface area contributed by atoms with Gasteiger partial charge in [-0.05, 0) is 250 Å². The summed E-state index contributed by atoms with van der Waals surface area (Å²) in [4.78, 5) is 9.93. The van der Waals surface area contributed by atoms with Crippen molar-refractivity contribution in [3.8, 4) is 0 Å². The van der Waals surface area contributed by atoms with Gasteiger partial charge in [0.15, 0.2) is 0 Å². The minimum absolute atomic E-state index is 0.00147. The van der Waals surface area contributed by atoms with E-state index in [2.05, 4.69) is 344 Å². The number of aryl methyl sites for hydroxylation is 2. The summed E-state index contributed by atoms with van der Waals surface area (Å²) in [5.41, 5.74) is 29.4. The lowest BCUT2D eigenvalue weighted by Gasteiger charge is -2.47. The SMILES string of the molecule is Cc1cc(N(c2cccc(Cl)c2)c2cccc3c2sc2ccccc23)cc(N(c2ccc3c(c2)C(C)(C)CCC3(C)C)c2cccc3oc4ccccc4c23)c1.Cc1cc2c3c(c1)N(c1cccc4oc5ccccc5c14)c1cc4c(cc1B3c1ccc(Cl)cc1N2c1cccc2c1sc1ccccc12)C(C)(C)CCC4(C)C. The van der Waals surface area contributed by atoms with E-state index in [0.717, 1.165) is 119 Å². The zero-order chi connectivity index (χ0) is 76.9. The van der Waals surface area contributed by atoms with Gasteiger partial charge in [-0.1, -0.05) is 212 Å². The van der Waals surface area contributed by atoms with E-state index in [0.29, 0.717) is 5.02 Å². The normalized spacial score (nSPS) is 15.5. The highest BCUT2D eigenvalue weighted by Gasteiger charge is 2.48. The van der Waals surface area contributed by atoms with Crippen molar-refractivity contribution in [3.05, 3.63) is 316 Å². The van der Waals surface area contributed by atoms with Gasteiger partial charge in [-0.25, -0.2) is 0 Å². The number of para-hydroxylation sites is 2. The Morgan fingerprint density at radius 2 is 0.796 bits per heavy atom. The number of furan rings is 2. The Balaban J connectivity index is 0.000000142. The molecule has 113 heavy (non-hydrogen) atoms. The highest BCUT2D eigenvalue weighted by molar-refractivity contribution is 7.27. The minimum Gasteiger partial charge on any atom is -0.456 e. The molecule has 0 radical (unpaired) electrons. The molecule has 6 heterocycles. The lowest BCUT2D eigenvalue weighted by Crippen LogP contribution is -2.61. The molecule has 18 aromatic rings. The maximum absolute atomic E-state index is 7.02. The van der Waals surface area contributed by atoms with E-state index in [9.17, 15) is 0 Å². The van der Waals surface area contributed by atoms with Crippen LogP contribution < -0.4 is 36.0 Å². The Bertz CT molecular complexity index is 7030. The van der Waals surface area contributed by atoms with Gasteiger partial charge in [-0.15, -0.1) is 22.7 Å². The summed E-state index contributed by atoms with van der Waals surface area (Å²) in [5.74, 6) is 0. The third-order valence-electron chi connectivity index (χ3n) is 25.4. The van der Waals surface area contributed by atoms with Crippen molar-refractivity contribution in [3.63, 3.8) is 0 Å². The summed E-state index contributed by atoms with van der Waals surface area (Å²) in [6, 6.07) is 99.8. The highest BCUT2D eigenvalue weighted by atomic mass is 35.5. The molecule has 2 aliphatic carbocycles. The van der Waals surface area contributed by atoms with E-state index in [4.69, 9.17) is 32.0 Å². The first-order chi connectivity index (χ1) is 54.6. The Kier molecular flexibility index (Phi) is 15.9. The monoisotopic (exact) mass is 1540 g/mol. The maximum Gasteiger partial charge on any atom is 0.252 e. The number of benzene rings is 14. The van der Waals surface area contributed by atoms with Crippen LogP contribution in [-0.4, -0.2) is 6.71 Å². The fourth-order valence-electron chi connectivity index (χ4n) is 19.6. The Labute approximate surface area is 677 Å². The third-order valence-corrected chi connectivity index (χ3v) is 28.3. The summed E-state index contributed by atoms with van der Waals surface area (Å²) in [6.07, 6.45) is 4.62. The van der Waals surface area contributed by atoms with Crippen molar-refractivity contribution in [2.45, 2.75) is 117 Å². The Hall–Kier alpha value is -11.0. The first-order valence-electron chi connectivity index (χ1n) is 39.6. The van der Waals surface area contributed by atoms with Crippen LogP contribution in [0.4, 0.5) is 68.2 Å². The van der Waals surface area contributed by atoms with Crippen LogP contribution in [0.15, 0.2) is 282 Å². The smallest absolute Gasteiger partial charge is 0.252 e. The summed E-state index contributed by atoms with van der Waals surface area (Å²) < 4.78 is 18.1. The molecule has 0 saturated heterocycles. The highest BCUT2D eigenvalue weighted by Crippen LogP contribution is 2.56. The van der Waals surface area contributed by atoms with Gasteiger partial charge >= 0.3 is 0 Å². The maximum atomic E-state index is 7.02. The van der Waals surface area contributed by atoms with Crippen LogP contribution in [0.1, 0.15) is 114 Å². The second kappa shape index (κ2) is 25.7. The van der Waals surface area contributed by atoms with Gasteiger partial charge in [-0.3, -0.25) is 0 Å². The average molecular weight is 1540 g/mol. The molecule has 0 atom stereocenters. The lowest BCUT2D eigenvalue weighted by molar-refractivity contribution is 0.332. The molecule has 0 bridgehead atoms. The predicted octanol–water partition coefficient (Wildman–Crippen LogP) is 29.6. The third kappa shape index (κ3) is 11.1. The van der Waals surface area contributed by atoms with E-state index >= 15 is 0 Å². The second-order valence-electron chi connectivity index (χ2n) is 34.4. The molecule has 22 rings (SSSR count). The van der Waals surface area contributed by atoms with Crippen molar-refractivity contribution >= 4 is 221 Å². The van der Waals surface area contributed by atoms with E-state index in [1.54, 1.807) is 0 Å². The van der Waals surface area contributed by atoms with Gasteiger partial charge in [0.25, 0.3) is 6.71 Å². The zero-order valence-corrected chi connectivity index (χ0v) is 68.2. The van der Waals surface area contributed by atoms with Crippen molar-refractivity contribution in [2.75, 3.05) is 19.6 Å². The summed E-state index contributed by atoms with van der Waals surface area (Å²) >= 11 is 17.5. The number of fused-ring (bicyclic) bond motifs is 18. The van der Waals surface area contributed by atoms with Crippen molar-refractivity contribution in [1.82, 2.24) is 0 Å². The largest absolute Gasteiger partial charge is 0.456 e. The van der Waals surface area contributed by atoms with Crippen LogP contribution >= 0.6 is 45.9 Å².